The topological polar surface area (TPSA) is 55.6 Å². The second-order valence-electron chi connectivity index (χ2n) is 4.83. The summed E-state index contributed by atoms with van der Waals surface area (Å²) in [6.45, 7) is 5.40. The second kappa shape index (κ2) is 4.49. The Labute approximate surface area is 110 Å². The number of anilines is 1. The van der Waals surface area contributed by atoms with Gasteiger partial charge in [-0.05, 0) is 32.9 Å². The van der Waals surface area contributed by atoms with Crippen LogP contribution in [0.25, 0.3) is 5.65 Å². The molecule has 2 rings (SSSR count). The Hall–Kier alpha value is -1.75. The van der Waals surface area contributed by atoms with Crippen molar-refractivity contribution in [2.45, 2.75) is 26.4 Å². The van der Waals surface area contributed by atoms with Crippen LogP contribution < -0.4 is 5.32 Å². The molecular weight excluding hydrogens is 254 g/mol. The van der Waals surface area contributed by atoms with E-state index in [0.29, 0.717) is 16.6 Å². The lowest BCUT2D eigenvalue weighted by molar-refractivity contribution is 0.0635. The van der Waals surface area contributed by atoms with Crippen molar-refractivity contribution < 1.29 is 9.53 Å². The standard InChI is InChI=1S/C12H14ClN3O2/c1-12(2,3)18-11(17)15-9-7-16-8(13)5-4-6-10(16)14-9/h4-7H,1-3H3,(H,15,17). The second-order valence-corrected chi connectivity index (χ2v) is 5.22. The van der Waals surface area contributed by atoms with E-state index in [-0.39, 0.29) is 0 Å². The van der Waals surface area contributed by atoms with Gasteiger partial charge in [0.1, 0.15) is 16.4 Å². The summed E-state index contributed by atoms with van der Waals surface area (Å²) in [6, 6.07) is 5.33. The highest BCUT2D eigenvalue weighted by Crippen LogP contribution is 2.16. The van der Waals surface area contributed by atoms with Crippen LogP contribution in [0.2, 0.25) is 5.15 Å². The molecular formula is C12H14ClN3O2. The number of rotatable bonds is 1. The molecule has 18 heavy (non-hydrogen) atoms. The number of carbonyl (C=O) groups is 1. The molecule has 0 unspecified atom stereocenters. The number of nitrogens with one attached hydrogen (secondary N) is 1. The van der Waals surface area contributed by atoms with Crippen LogP contribution in [0.1, 0.15) is 20.8 Å². The molecule has 0 saturated carbocycles. The maximum atomic E-state index is 11.6. The number of nitrogens with zero attached hydrogens (tertiary/aromatic N) is 2. The molecule has 0 aliphatic carbocycles. The SMILES string of the molecule is CC(C)(C)OC(=O)Nc1cn2c(Cl)cccc2n1. The molecule has 0 radical (unpaired) electrons. The molecule has 0 aliphatic rings. The van der Waals surface area contributed by atoms with Crippen molar-refractivity contribution in [3.05, 3.63) is 29.5 Å². The van der Waals surface area contributed by atoms with Gasteiger partial charge in [0, 0.05) is 0 Å². The van der Waals surface area contributed by atoms with Gasteiger partial charge in [0.25, 0.3) is 0 Å². The first-order chi connectivity index (χ1) is 8.35. The van der Waals surface area contributed by atoms with Crippen molar-refractivity contribution in [2.24, 2.45) is 0 Å². The van der Waals surface area contributed by atoms with Crippen LogP contribution in [0.15, 0.2) is 24.4 Å². The summed E-state index contributed by atoms with van der Waals surface area (Å²) >= 11 is 5.99. The molecule has 2 heterocycles. The number of halogens is 1. The normalized spacial score (nSPS) is 11.6. The highest BCUT2D eigenvalue weighted by molar-refractivity contribution is 6.29. The van der Waals surface area contributed by atoms with Crippen LogP contribution >= 0.6 is 11.6 Å². The predicted octanol–water partition coefficient (Wildman–Crippen LogP) is 3.33. The Morgan fingerprint density at radius 1 is 1.44 bits per heavy atom. The summed E-state index contributed by atoms with van der Waals surface area (Å²) < 4.78 is 6.81. The Bertz CT molecular complexity index is 587. The van der Waals surface area contributed by atoms with Gasteiger partial charge >= 0.3 is 6.09 Å². The van der Waals surface area contributed by atoms with Gasteiger partial charge in [-0.25, -0.2) is 9.78 Å². The molecule has 0 aromatic carbocycles. The summed E-state index contributed by atoms with van der Waals surface area (Å²) in [5.74, 6) is 0.400. The summed E-state index contributed by atoms with van der Waals surface area (Å²) in [6.07, 6.45) is 1.10. The number of imidazole rings is 1. The number of amides is 1. The smallest absolute Gasteiger partial charge is 0.413 e. The third-order valence-corrected chi connectivity index (χ3v) is 2.38. The summed E-state index contributed by atoms with van der Waals surface area (Å²) in [5.41, 5.74) is 0.120. The average molecular weight is 268 g/mol. The molecule has 0 aliphatic heterocycles. The number of fused-ring (bicyclic) bond motifs is 1. The highest BCUT2D eigenvalue weighted by atomic mass is 35.5. The highest BCUT2D eigenvalue weighted by Gasteiger charge is 2.17. The van der Waals surface area contributed by atoms with E-state index in [2.05, 4.69) is 10.3 Å². The molecule has 2 aromatic rings. The first-order valence-electron chi connectivity index (χ1n) is 5.49. The van der Waals surface area contributed by atoms with Gasteiger partial charge in [-0.3, -0.25) is 9.72 Å². The first-order valence-corrected chi connectivity index (χ1v) is 5.86. The van der Waals surface area contributed by atoms with Gasteiger partial charge < -0.3 is 4.74 Å². The van der Waals surface area contributed by atoms with Crippen molar-refractivity contribution >= 4 is 29.2 Å². The maximum Gasteiger partial charge on any atom is 0.413 e. The zero-order valence-corrected chi connectivity index (χ0v) is 11.2. The number of ether oxygens (including phenoxy) is 1. The Morgan fingerprint density at radius 2 is 2.17 bits per heavy atom. The van der Waals surface area contributed by atoms with Crippen LogP contribution in [-0.4, -0.2) is 21.1 Å². The third kappa shape index (κ3) is 2.92. The van der Waals surface area contributed by atoms with E-state index in [4.69, 9.17) is 16.3 Å². The number of pyridine rings is 1. The predicted molar refractivity (Wildman–Crippen MR) is 70.1 cm³/mol. The molecule has 1 N–H and O–H groups in total. The third-order valence-electron chi connectivity index (χ3n) is 2.07. The van der Waals surface area contributed by atoms with E-state index in [1.165, 1.54) is 0 Å². The largest absolute Gasteiger partial charge is 0.444 e. The Balaban J connectivity index is 2.18. The van der Waals surface area contributed by atoms with Crippen molar-refractivity contribution in [2.75, 3.05) is 5.32 Å². The monoisotopic (exact) mass is 267 g/mol. The lowest BCUT2D eigenvalue weighted by atomic mass is 10.2. The van der Waals surface area contributed by atoms with E-state index in [0.717, 1.165) is 0 Å². The molecule has 5 nitrogen and oxygen atoms in total. The van der Waals surface area contributed by atoms with Gasteiger partial charge in [0.15, 0.2) is 5.82 Å². The van der Waals surface area contributed by atoms with E-state index in [9.17, 15) is 4.79 Å². The molecule has 0 saturated heterocycles. The van der Waals surface area contributed by atoms with E-state index in [1.54, 1.807) is 49.6 Å². The maximum absolute atomic E-state index is 11.6. The van der Waals surface area contributed by atoms with Crippen LogP contribution in [0, 0.1) is 0 Å². The minimum absolute atomic E-state index is 0.400. The Kier molecular flexibility index (Phi) is 3.17. The first kappa shape index (κ1) is 12.7. The zero-order chi connectivity index (χ0) is 13.3. The number of hydrogen-bond donors (Lipinski definition) is 1. The van der Waals surface area contributed by atoms with Gasteiger partial charge in [0.2, 0.25) is 0 Å². The van der Waals surface area contributed by atoms with E-state index in [1.807, 2.05) is 0 Å². The Morgan fingerprint density at radius 3 is 2.78 bits per heavy atom. The minimum atomic E-state index is -0.541. The summed E-state index contributed by atoms with van der Waals surface area (Å²) in [4.78, 5) is 15.8. The minimum Gasteiger partial charge on any atom is -0.444 e. The molecule has 0 fully saturated rings. The lowest BCUT2D eigenvalue weighted by Gasteiger charge is -2.18. The van der Waals surface area contributed by atoms with Crippen molar-refractivity contribution in [1.29, 1.82) is 0 Å². The van der Waals surface area contributed by atoms with Crippen molar-refractivity contribution in [3.8, 4) is 0 Å². The number of carbonyl (C=O) groups excluding carboxylic acids is 1. The van der Waals surface area contributed by atoms with Crippen molar-refractivity contribution in [1.82, 2.24) is 9.38 Å². The number of aromatic nitrogens is 2. The fraction of sp³-hybridized carbons (Fsp3) is 0.333. The quantitative estimate of drug-likeness (QED) is 0.806. The average Bonchev–Trinajstić information content (AvgIpc) is 2.58. The molecule has 1 amide bonds. The molecule has 0 spiro atoms. The lowest BCUT2D eigenvalue weighted by Crippen LogP contribution is -2.27. The van der Waals surface area contributed by atoms with Crippen LogP contribution in [-0.2, 0) is 4.74 Å². The van der Waals surface area contributed by atoms with Gasteiger partial charge in [-0.15, -0.1) is 0 Å². The van der Waals surface area contributed by atoms with Gasteiger partial charge in [-0.2, -0.15) is 0 Å². The van der Waals surface area contributed by atoms with E-state index >= 15 is 0 Å². The summed E-state index contributed by atoms with van der Waals surface area (Å²) in [5, 5.41) is 3.09. The van der Waals surface area contributed by atoms with Gasteiger partial charge in [-0.1, -0.05) is 17.7 Å². The van der Waals surface area contributed by atoms with Crippen LogP contribution in [0.5, 0.6) is 0 Å². The van der Waals surface area contributed by atoms with Gasteiger partial charge in [0.05, 0.1) is 6.20 Å². The number of hydrogen-bond acceptors (Lipinski definition) is 3. The fourth-order valence-electron chi connectivity index (χ4n) is 1.45. The molecule has 0 atom stereocenters. The fourth-order valence-corrected chi connectivity index (χ4v) is 1.65. The molecule has 0 bridgehead atoms. The zero-order valence-electron chi connectivity index (χ0n) is 10.4. The molecule has 2 aromatic heterocycles. The van der Waals surface area contributed by atoms with E-state index < -0.39 is 11.7 Å². The van der Waals surface area contributed by atoms with Crippen LogP contribution in [0.3, 0.4) is 0 Å². The molecule has 96 valence electrons. The summed E-state index contributed by atoms with van der Waals surface area (Å²) in [7, 11) is 0. The van der Waals surface area contributed by atoms with Crippen LogP contribution in [0.4, 0.5) is 10.6 Å². The molecule has 6 heteroatoms. The van der Waals surface area contributed by atoms with Crippen molar-refractivity contribution in [3.63, 3.8) is 0 Å².